The van der Waals surface area contributed by atoms with Crippen molar-refractivity contribution in [3.8, 4) is 10.7 Å². The predicted molar refractivity (Wildman–Crippen MR) is 103 cm³/mol. The fraction of sp³-hybridized carbons (Fsp3) is 0.158. The Balaban J connectivity index is 1.56. The number of benzene rings is 1. The zero-order valence-electron chi connectivity index (χ0n) is 14.3. The van der Waals surface area contributed by atoms with E-state index in [1.165, 1.54) is 16.2 Å². The van der Waals surface area contributed by atoms with Gasteiger partial charge in [0.15, 0.2) is 0 Å². The maximum Gasteiger partial charge on any atom is 0.325 e. The monoisotopic (exact) mass is 398 g/mol. The number of aromatic nitrogens is 2. The van der Waals surface area contributed by atoms with Crippen LogP contribution in [0.5, 0.6) is 0 Å². The van der Waals surface area contributed by atoms with Crippen LogP contribution in [0.3, 0.4) is 0 Å². The number of rotatable bonds is 4. The van der Waals surface area contributed by atoms with Gasteiger partial charge in [0.25, 0.3) is 5.91 Å². The second kappa shape index (κ2) is 6.75. The number of nitrogens with zero attached hydrogens (tertiary/aromatic N) is 3. The first kappa shape index (κ1) is 17.6. The van der Waals surface area contributed by atoms with Crippen molar-refractivity contribution in [3.63, 3.8) is 0 Å². The second-order valence-corrected chi connectivity index (χ2v) is 7.61. The summed E-state index contributed by atoms with van der Waals surface area (Å²) in [5.74, 6) is -0.317. The molecule has 1 saturated heterocycles. The van der Waals surface area contributed by atoms with Crippen molar-refractivity contribution in [2.45, 2.75) is 19.0 Å². The molecule has 1 aromatic carbocycles. The molecule has 1 atom stereocenters. The van der Waals surface area contributed by atoms with Crippen LogP contribution in [0.1, 0.15) is 18.2 Å². The molecular weight excluding hydrogens is 384 g/mol. The highest BCUT2D eigenvalue weighted by Crippen LogP contribution is 2.31. The summed E-state index contributed by atoms with van der Waals surface area (Å²) in [4.78, 5) is 35.4. The van der Waals surface area contributed by atoms with Crippen molar-refractivity contribution in [1.82, 2.24) is 20.2 Å². The van der Waals surface area contributed by atoms with Gasteiger partial charge in [-0.15, -0.1) is 11.3 Å². The van der Waals surface area contributed by atoms with Crippen molar-refractivity contribution >= 4 is 34.9 Å². The lowest BCUT2D eigenvalue weighted by molar-refractivity contribution is -0.131. The molecule has 3 aromatic rings. The lowest BCUT2D eigenvalue weighted by Gasteiger charge is -2.22. The van der Waals surface area contributed by atoms with Crippen molar-refractivity contribution < 1.29 is 9.59 Å². The molecule has 3 amide bonds. The molecular formula is C19H15ClN4O2S. The number of hydrogen-bond acceptors (Lipinski definition) is 5. The van der Waals surface area contributed by atoms with Crippen molar-refractivity contribution in [1.29, 1.82) is 0 Å². The average Bonchev–Trinajstić information content (AvgIpc) is 3.22. The third kappa shape index (κ3) is 3.20. The second-order valence-electron chi connectivity index (χ2n) is 6.31. The number of imide groups is 1. The quantitative estimate of drug-likeness (QED) is 0.678. The largest absolute Gasteiger partial charge is 0.325 e. The lowest BCUT2D eigenvalue weighted by atomic mass is 9.92. The van der Waals surface area contributed by atoms with Crippen LogP contribution in [-0.2, 0) is 16.9 Å². The van der Waals surface area contributed by atoms with Gasteiger partial charge < -0.3 is 5.32 Å². The maximum absolute atomic E-state index is 13.0. The van der Waals surface area contributed by atoms with Crippen LogP contribution in [0.15, 0.2) is 54.0 Å². The number of hydrogen-bond donors (Lipinski definition) is 1. The van der Waals surface area contributed by atoms with Crippen LogP contribution in [0.2, 0.25) is 5.02 Å². The zero-order chi connectivity index (χ0) is 19.0. The highest BCUT2D eigenvalue weighted by molar-refractivity contribution is 7.13. The van der Waals surface area contributed by atoms with Crippen LogP contribution >= 0.6 is 22.9 Å². The first-order chi connectivity index (χ1) is 13.0. The number of carbonyl (C=O) groups excluding carboxylic acids is 2. The molecule has 1 N–H and O–H groups in total. The Bertz CT molecular complexity index is 1010. The van der Waals surface area contributed by atoms with Crippen LogP contribution in [-0.4, -0.2) is 26.8 Å². The molecule has 0 bridgehead atoms. The number of amides is 3. The summed E-state index contributed by atoms with van der Waals surface area (Å²) in [6.45, 7) is 1.80. The minimum Gasteiger partial charge on any atom is -0.319 e. The molecule has 2 aromatic heterocycles. The summed E-state index contributed by atoms with van der Waals surface area (Å²) in [6, 6.07) is 12.0. The molecule has 0 radical (unpaired) electrons. The SMILES string of the molecule is CC1(c2ccc(Cl)cc2)NC(=O)N(Cc2csc(-c3ccccn3)n2)C1=O. The van der Waals surface area contributed by atoms with Gasteiger partial charge in [0.2, 0.25) is 0 Å². The van der Waals surface area contributed by atoms with E-state index in [2.05, 4.69) is 15.3 Å². The molecule has 1 fully saturated rings. The molecule has 1 aliphatic heterocycles. The Morgan fingerprint density at radius 2 is 1.96 bits per heavy atom. The first-order valence-corrected chi connectivity index (χ1v) is 9.49. The molecule has 0 spiro atoms. The van der Waals surface area contributed by atoms with Crippen molar-refractivity contribution in [2.75, 3.05) is 0 Å². The molecule has 136 valence electrons. The molecule has 8 heteroatoms. The minimum atomic E-state index is -1.12. The van der Waals surface area contributed by atoms with Crippen LogP contribution in [0.4, 0.5) is 4.79 Å². The van der Waals surface area contributed by atoms with Gasteiger partial charge in [-0.2, -0.15) is 0 Å². The van der Waals surface area contributed by atoms with Gasteiger partial charge in [-0.1, -0.05) is 29.8 Å². The standard InChI is InChI=1S/C19H15ClN4O2S/c1-19(12-5-7-13(20)8-6-12)17(25)24(18(26)23-19)10-14-11-27-16(22-14)15-4-2-3-9-21-15/h2-9,11H,10H2,1H3,(H,23,26). The fourth-order valence-electron chi connectivity index (χ4n) is 2.97. The highest BCUT2D eigenvalue weighted by Gasteiger charge is 2.49. The van der Waals surface area contributed by atoms with Gasteiger partial charge in [0.05, 0.1) is 17.9 Å². The number of nitrogens with one attached hydrogen (secondary N) is 1. The van der Waals surface area contributed by atoms with Gasteiger partial charge >= 0.3 is 6.03 Å². The number of thiazole rings is 1. The van der Waals surface area contributed by atoms with Crippen LogP contribution in [0.25, 0.3) is 10.7 Å². The Morgan fingerprint density at radius 3 is 2.67 bits per heavy atom. The van der Waals surface area contributed by atoms with E-state index in [1.807, 2.05) is 23.6 Å². The molecule has 4 rings (SSSR count). The summed E-state index contributed by atoms with van der Waals surface area (Å²) in [5, 5.41) is 5.94. The highest BCUT2D eigenvalue weighted by atomic mass is 35.5. The third-order valence-corrected chi connectivity index (χ3v) is 5.62. The van der Waals surface area contributed by atoms with E-state index >= 15 is 0 Å². The minimum absolute atomic E-state index is 0.108. The third-order valence-electron chi connectivity index (χ3n) is 4.45. The smallest absolute Gasteiger partial charge is 0.319 e. The molecule has 1 aliphatic rings. The van der Waals surface area contributed by atoms with E-state index < -0.39 is 11.6 Å². The number of pyridine rings is 1. The fourth-order valence-corrected chi connectivity index (χ4v) is 3.88. The molecule has 0 saturated carbocycles. The van der Waals surface area contributed by atoms with Gasteiger partial charge in [-0.25, -0.2) is 9.78 Å². The Morgan fingerprint density at radius 1 is 1.19 bits per heavy atom. The van der Waals surface area contributed by atoms with E-state index in [0.29, 0.717) is 16.3 Å². The van der Waals surface area contributed by atoms with Gasteiger partial charge in [0, 0.05) is 16.6 Å². The number of halogens is 1. The van der Waals surface area contributed by atoms with E-state index in [0.717, 1.165) is 10.7 Å². The summed E-state index contributed by atoms with van der Waals surface area (Å²) in [6.07, 6.45) is 1.70. The Labute approximate surface area is 164 Å². The van der Waals surface area contributed by atoms with E-state index in [-0.39, 0.29) is 12.5 Å². The molecule has 1 unspecified atom stereocenters. The van der Waals surface area contributed by atoms with Crippen molar-refractivity contribution in [3.05, 3.63) is 70.3 Å². The van der Waals surface area contributed by atoms with E-state index in [9.17, 15) is 9.59 Å². The van der Waals surface area contributed by atoms with Gasteiger partial charge in [-0.3, -0.25) is 14.7 Å². The Hall–Kier alpha value is -2.77. The topological polar surface area (TPSA) is 75.2 Å². The number of carbonyl (C=O) groups is 2. The lowest BCUT2D eigenvalue weighted by Crippen LogP contribution is -2.40. The van der Waals surface area contributed by atoms with E-state index in [4.69, 9.17) is 11.6 Å². The normalized spacial score (nSPS) is 19.4. The van der Waals surface area contributed by atoms with Gasteiger partial charge in [-0.05, 0) is 36.8 Å². The number of urea groups is 1. The Kier molecular flexibility index (Phi) is 4.41. The van der Waals surface area contributed by atoms with E-state index in [1.54, 1.807) is 37.4 Å². The molecule has 27 heavy (non-hydrogen) atoms. The van der Waals surface area contributed by atoms with Crippen LogP contribution in [0, 0.1) is 0 Å². The summed E-state index contributed by atoms with van der Waals surface area (Å²) >= 11 is 7.35. The molecule has 3 heterocycles. The summed E-state index contributed by atoms with van der Waals surface area (Å²) in [7, 11) is 0. The molecule has 0 aliphatic carbocycles. The van der Waals surface area contributed by atoms with Crippen molar-refractivity contribution in [2.24, 2.45) is 0 Å². The zero-order valence-corrected chi connectivity index (χ0v) is 15.9. The maximum atomic E-state index is 13.0. The summed E-state index contributed by atoms with van der Waals surface area (Å²) in [5.41, 5.74) is 0.961. The van der Waals surface area contributed by atoms with Crippen LogP contribution < -0.4 is 5.32 Å². The predicted octanol–water partition coefficient (Wildman–Crippen LogP) is 3.83. The molecule has 6 nitrogen and oxygen atoms in total. The summed E-state index contributed by atoms with van der Waals surface area (Å²) < 4.78 is 0. The van der Waals surface area contributed by atoms with Gasteiger partial charge in [0.1, 0.15) is 10.5 Å². The first-order valence-electron chi connectivity index (χ1n) is 8.23. The average molecular weight is 399 g/mol.